The lowest BCUT2D eigenvalue weighted by Crippen LogP contribution is -1.91. The maximum atomic E-state index is 6.01. The van der Waals surface area contributed by atoms with Gasteiger partial charge in [0.25, 0.3) is 0 Å². The topological polar surface area (TPSA) is 48.1 Å². The predicted molar refractivity (Wildman–Crippen MR) is 69.9 cm³/mol. The van der Waals surface area contributed by atoms with Crippen molar-refractivity contribution in [2.45, 2.75) is 6.92 Å². The number of hydrogen-bond donors (Lipinski definition) is 1. The summed E-state index contributed by atoms with van der Waals surface area (Å²) >= 11 is 12.0. The molecule has 0 aliphatic rings. The molecule has 2 aromatic rings. The lowest BCUT2D eigenvalue weighted by Gasteiger charge is -2.10. The first kappa shape index (κ1) is 12.0. The minimum absolute atomic E-state index is 0.371. The Labute approximate surface area is 109 Å². The molecule has 5 heteroatoms. The Morgan fingerprint density at radius 3 is 2.35 bits per heavy atom. The van der Waals surface area contributed by atoms with E-state index in [9.17, 15) is 0 Å². The number of anilines is 1. The third kappa shape index (κ3) is 2.81. The van der Waals surface area contributed by atoms with E-state index in [1.165, 1.54) is 0 Å². The molecule has 1 heterocycles. The number of nitrogens with zero attached hydrogens (tertiary/aromatic N) is 1. The summed E-state index contributed by atoms with van der Waals surface area (Å²) in [5, 5.41) is 0.742. The summed E-state index contributed by atoms with van der Waals surface area (Å²) in [6.07, 6.45) is 1.61. The second-order valence-electron chi connectivity index (χ2n) is 3.55. The maximum absolute atomic E-state index is 6.01. The van der Waals surface area contributed by atoms with Crippen molar-refractivity contribution >= 4 is 28.9 Å². The molecule has 0 amide bonds. The smallest absolute Gasteiger partial charge is 0.164 e. The van der Waals surface area contributed by atoms with Gasteiger partial charge in [0.2, 0.25) is 0 Å². The Balaban J connectivity index is 2.33. The number of ether oxygens (including phenoxy) is 1. The summed E-state index contributed by atoms with van der Waals surface area (Å²) in [5.41, 5.74) is 7.01. The molecule has 0 unspecified atom stereocenters. The van der Waals surface area contributed by atoms with Crippen LogP contribution < -0.4 is 10.5 Å². The highest BCUT2D eigenvalue weighted by atomic mass is 35.5. The number of aryl methyl sites for hydroxylation is 1. The number of nitrogens with two attached hydrogens (primary N) is 1. The van der Waals surface area contributed by atoms with Crippen molar-refractivity contribution in [3.05, 3.63) is 46.2 Å². The number of pyridine rings is 1. The molecule has 0 saturated heterocycles. The van der Waals surface area contributed by atoms with E-state index >= 15 is 0 Å². The van der Waals surface area contributed by atoms with E-state index in [1.807, 2.05) is 13.0 Å². The molecule has 0 saturated carbocycles. The van der Waals surface area contributed by atoms with E-state index in [-0.39, 0.29) is 0 Å². The fourth-order valence-corrected chi connectivity index (χ4v) is 1.89. The van der Waals surface area contributed by atoms with Crippen molar-refractivity contribution in [1.29, 1.82) is 0 Å². The molecule has 1 aromatic carbocycles. The molecule has 0 spiro atoms. The highest BCUT2D eigenvalue weighted by Crippen LogP contribution is 2.37. The Hall–Kier alpha value is -1.45. The summed E-state index contributed by atoms with van der Waals surface area (Å²) < 4.78 is 5.57. The Kier molecular flexibility index (Phi) is 3.41. The van der Waals surface area contributed by atoms with Crippen molar-refractivity contribution in [2.75, 3.05) is 5.73 Å². The third-order valence-corrected chi connectivity index (χ3v) is 2.69. The summed E-state index contributed by atoms with van der Waals surface area (Å²) in [5.74, 6) is 0.956. The largest absolute Gasteiger partial charge is 0.453 e. The predicted octanol–water partition coefficient (Wildman–Crippen LogP) is 4.07. The molecule has 0 bridgehead atoms. The van der Waals surface area contributed by atoms with Crippen molar-refractivity contribution in [2.24, 2.45) is 0 Å². The summed E-state index contributed by atoms with van der Waals surface area (Å²) in [6.45, 7) is 1.90. The molecule has 1 aromatic heterocycles. The van der Waals surface area contributed by atoms with Gasteiger partial charge in [-0.1, -0.05) is 23.2 Å². The van der Waals surface area contributed by atoms with E-state index < -0.39 is 0 Å². The zero-order chi connectivity index (χ0) is 12.4. The number of aromatic nitrogens is 1. The number of halogens is 2. The van der Waals surface area contributed by atoms with Gasteiger partial charge < -0.3 is 10.5 Å². The molecule has 0 fully saturated rings. The highest BCUT2D eigenvalue weighted by Gasteiger charge is 2.10. The van der Waals surface area contributed by atoms with Gasteiger partial charge in [-0.25, -0.2) is 0 Å². The van der Waals surface area contributed by atoms with Gasteiger partial charge in [-0.05, 0) is 31.2 Å². The molecule has 17 heavy (non-hydrogen) atoms. The van der Waals surface area contributed by atoms with Gasteiger partial charge in [-0.2, -0.15) is 0 Å². The molecule has 88 valence electrons. The van der Waals surface area contributed by atoms with Crippen molar-refractivity contribution in [1.82, 2.24) is 4.98 Å². The van der Waals surface area contributed by atoms with Crippen molar-refractivity contribution in [3.63, 3.8) is 0 Å². The highest BCUT2D eigenvalue weighted by molar-refractivity contribution is 6.37. The Bertz CT molecular complexity index is 518. The number of hydrogen-bond acceptors (Lipinski definition) is 3. The minimum Gasteiger partial charge on any atom is -0.453 e. The van der Waals surface area contributed by atoms with Crippen LogP contribution in [0, 0.1) is 6.92 Å². The first-order chi connectivity index (χ1) is 8.06. The van der Waals surface area contributed by atoms with E-state index in [1.54, 1.807) is 24.4 Å². The molecule has 2 N–H and O–H groups in total. The van der Waals surface area contributed by atoms with Crippen LogP contribution in [0.1, 0.15) is 5.69 Å². The maximum Gasteiger partial charge on any atom is 0.164 e. The second kappa shape index (κ2) is 4.82. The first-order valence-electron chi connectivity index (χ1n) is 4.91. The Morgan fingerprint density at radius 2 is 1.82 bits per heavy atom. The summed E-state index contributed by atoms with van der Waals surface area (Å²) in [6, 6.07) is 6.81. The van der Waals surface area contributed by atoms with Gasteiger partial charge in [0.05, 0.1) is 16.2 Å². The van der Waals surface area contributed by atoms with Crippen LogP contribution in [0.5, 0.6) is 11.5 Å². The van der Waals surface area contributed by atoms with Crippen LogP contribution in [0.15, 0.2) is 30.5 Å². The minimum atomic E-state index is 0.371. The van der Waals surface area contributed by atoms with Gasteiger partial charge in [0.1, 0.15) is 5.75 Å². The van der Waals surface area contributed by atoms with E-state index in [2.05, 4.69) is 4.98 Å². The lowest BCUT2D eigenvalue weighted by molar-refractivity contribution is 0.480. The van der Waals surface area contributed by atoms with E-state index in [0.717, 1.165) is 5.69 Å². The molecular formula is C12H10Cl2N2O. The number of nitrogen functional groups attached to an aromatic ring is 1. The molecule has 0 radical (unpaired) electrons. The van der Waals surface area contributed by atoms with Gasteiger partial charge in [-0.3, -0.25) is 4.98 Å². The van der Waals surface area contributed by atoms with E-state index in [4.69, 9.17) is 33.7 Å². The number of rotatable bonds is 2. The van der Waals surface area contributed by atoms with Gasteiger partial charge >= 0.3 is 0 Å². The average Bonchev–Trinajstić information content (AvgIpc) is 2.26. The molecule has 0 aliphatic heterocycles. The van der Waals surface area contributed by atoms with Crippen LogP contribution in [0.2, 0.25) is 10.0 Å². The van der Waals surface area contributed by atoms with Crippen LogP contribution >= 0.6 is 23.2 Å². The van der Waals surface area contributed by atoms with Crippen LogP contribution in [-0.4, -0.2) is 4.98 Å². The Morgan fingerprint density at radius 1 is 1.18 bits per heavy atom. The normalized spacial score (nSPS) is 10.3. The lowest BCUT2D eigenvalue weighted by atomic mass is 10.3. The zero-order valence-electron chi connectivity index (χ0n) is 9.08. The average molecular weight is 269 g/mol. The van der Waals surface area contributed by atoms with Gasteiger partial charge in [-0.15, -0.1) is 0 Å². The molecule has 0 atom stereocenters. The van der Waals surface area contributed by atoms with Gasteiger partial charge in [0.15, 0.2) is 5.75 Å². The second-order valence-corrected chi connectivity index (χ2v) is 4.37. The SMILES string of the molecule is Cc1ccc(Oc2c(Cl)cc(N)cc2Cl)cn1. The van der Waals surface area contributed by atoms with Crippen LogP contribution in [0.4, 0.5) is 5.69 Å². The monoisotopic (exact) mass is 268 g/mol. The standard InChI is InChI=1S/C12H10Cl2N2O/c1-7-2-3-9(6-16-7)17-12-10(13)4-8(15)5-11(12)14/h2-6H,15H2,1H3. The van der Waals surface area contributed by atoms with E-state index in [0.29, 0.717) is 27.2 Å². The summed E-state index contributed by atoms with van der Waals surface area (Å²) in [7, 11) is 0. The summed E-state index contributed by atoms with van der Waals surface area (Å²) in [4.78, 5) is 4.12. The van der Waals surface area contributed by atoms with Crippen LogP contribution in [-0.2, 0) is 0 Å². The number of benzene rings is 1. The van der Waals surface area contributed by atoms with Crippen molar-refractivity contribution < 1.29 is 4.74 Å². The van der Waals surface area contributed by atoms with Crippen LogP contribution in [0.3, 0.4) is 0 Å². The van der Waals surface area contributed by atoms with Gasteiger partial charge in [0, 0.05) is 11.4 Å². The molecule has 2 rings (SSSR count). The van der Waals surface area contributed by atoms with Crippen molar-refractivity contribution in [3.8, 4) is 11.5 Å². The zero-order valence-corrected chi connectivity index (χ0v) is 10.6. The van der Waals surface area contributed by atoms with Crippen LogP contribution in [0.25, 0.3) is 0 Å². The molecular weight excluding hydrogens is 259 g/mol. The quantitative estimate of drug-likeness (QED) is 0.836. The fraction of sp³-hybridized carbons (Fsp3) is 0.0833. The third-order valence-electron chi connectivity index (χ3n) is 2.12. The molecule has 0 aliphatic carbocycles. The molecule has 3 nitrogen and oxygen atoms in total. The first-order valence-corrected chi connectivity index (χ1v) is 5.67. The fourth-order valence-electron chi connectivity index (χ4n) is 1.31.